The van der Waals surface area contributed by atoms with Crippen molar-refractivity contribution in [2.75, 3.05) is 0 Å². The van der Waals surface area contributed by atoms with Crippen LogP contribution in [0.4, 0.5) is 0 Å². The second-order valence-electron chi connectivity index (χ2n) is 9.95. The molecule has 0 saturated carbocycles. The van der Waals surface area contributed by atoms with Crippen LogP contribution in [0, 0.1) is 19.1 Å². The second-order valence-corrected chi connectivity index (χ2v) is 9.95. The van der Waals surface area contributed by atoms with Crippen LogP contribution in [0.5, 0.6) is 11.5 Å². The van der Waals surface area contributed by atoms with Crippen molar-refractivity contribution in [2.24, 2.45) is 0 Å². The number of nitrogens with zero attached hydrogens (tertiary/aromatic N) is 4. The van der Waals surface area contributed by atoms with E-state index < -0.39 is 0 Å². The van der Waals surface area contributed by atoms with Crippen LogP contribution < -0.4 is 4.74 Å². The van der Waals surface area contributed by atoms with Gasteiger partial charge in [-0.15, -0.1) is 46.5 Å². The van der Waals surface area contributed by atoms with Crippen LogP contribution in [-0.4, -0.2) is 19.1 Å². The normalized spacial score (nSPS) is 14.9. The largest absolute Gasteiger partial charge is 2.00 e. The van der Waals surface area contributed by atoms with Crippen LogP contribution in [0.25, 0.3) is 33.8 Å². The zero-order chi connectivity index (χ0) is 23.0. The predicted octanol–water partition coefficient (Wildman–Crippen LogP) is 6.11. The third-order valence-corrected chi connectivity index (χ3v) is 6.99. The summed E-state index contributed by atoms with van der Waals surface area (Å²) in [7, 11) is 0. The summed E-state index contributed by atoms with van der Waals surface area (Å²) in [5.74, 6) is 3.26. The van der Waals surface area contributed by atoms with Crippen LogP contribution in [0.2, 0.25) is 0 Å². The molecule has 2 aliphatic heterocycles. The summed E-state index contributed by atoms with van der Waals surface area (Å²) in [6.07, 6.45) is 4.00. The number of rotatable bonds is 2. The van der Waals surface area contributed by atoms with Gasteiger partial charge in [-0.1, -0.05) is 24.3 Å². The van der Waals surface area contributed by atoms with Gasteiger partial charge >= 0.3 is 21.1 Å². The van der Waals surface area contributed by atoms with Crippen molar-refractivity contribution >= 4 is 11.0 Å². The van der Waals surface area contributed by atoms with Crippen LogP contribution >= 0.6 is 0 Å². The Bertz CT molecular complexity index is 1610. The SMILES string of the molecule is Cc1cn2c(n1)-c1[c-]c(Oc3[c-]c4c(cc3)CC(C)(C)n3c-4nc4ccccc43)ccc1CC2.[Pt+2]. The molecular formula is C29H24N4OPt. The van der Waals surface area contributed by atoms with Gasteiger partial charge in [0, 0.05) is 35.5 Å². The van der Waals surface area contributed by atoms with Gasteiger partial charge in [-0.05, 0) is 45.7 Å². The molecule has 3 aromatic carbocycles. The number of aromatic nitrogens is 4. The Morgan fingerprint density at radius 1 is 0.886 bits per heavy atom. The third kappa shape index (κ3) is 3.48. The first-order valence-electron chi connectivity index (χ1n) is 11.8. The van der Waals surface area contributed by atoms with Crippen molar-refractivity contribution in [2.45, 2.75) is 45.7 Å². The fourth-order valence-electron chi connectivity index (χ4n) is 5.51. The Morgan fingerprint density at radius 3 is 2.40 bits per heavy atom. The first-order chi connectivity index (χ1) is 16.5. The molecule has 2 aromatic heterocycles. The van der Waals surface area contributed by atoms with Gasteiger partial charge in [-0.25, -0.2) is 0 Å². The molecule has 176 valence electrons. The van der Waals surface area contributed by atoms with Gasteiger partial charge in [0.15, 0.2) is 0 Å². The molecule has 0 aliphatic carbocycles. The maximum Gasteiger partial charge on any atom is 2.00 e. The molecule has 2 aliphatic rings. The average Bonchev–Trinajstić information content (AvgIpc) is 3.40. The van der Waals surface area contributed by atoms with Crippen molar-refractivity contribution in [1.82, 2.24) is 19.1 Å². The van der Waals surface area contributed by atoms with E-state index in [2.05, 4.69) is 71.6 Å². The van der Waals surface area contributed by atoms with Crippen molar-refractivity contribution in [3.63, 3.8) is 0 Å². The number of benzene rings is 3. The van der Waals surface area contributed by atoms with E-state index >= 15 is 0 Å². The molecule has 0 amide bonds. The molecule has 35 heavy (non-hydrogen) atoms. The van der Waals surface area contributed by atoms with E-state index in [0.717, 1.165) is 58.9 Å². The number of para-hydroxylation sites is 2. The summed E-state index contributed by atoms with van der Waals surface area (Å²) >= 11 is 0. The van der Waals surface area contributed by atoms with Crippen molar-refractivity contribution in [3.8, 4) is 34.3 Å². The Labute approximate surface area is 219 Å². The van der Waals surface area contributed by atoms with Gasteiger partial charge in [0.2, 0.25) is 0 Å². The first kappa shape index (κ1) is 22.3. The molecular weight excluding hydrogens is 615 g/mol. The number of hydrogen-bond acceptors (Lipinski definition) is 3. The minimum Gasteiger partial charge on any atom is -0.497 e. The summed E-state index contributed by atoms with van der Waals surface area (Å²) in [6.45, 7) is 7.52. The fourth-order valence-corrected chi connectivity index (χ4v) is 5.51. The first-order valence-corrected chi connectivity index (χ1v) is 11.8. The van der Waals surface area contributed by atoms with Gasteiger partial charge in [0.05, 0.1) is 22.7 Å². The second kappa shape index (κ2) is 7.93. The van der Waals surface area contributed by atoms with E-state index in [9.17, 15) is 0 Å². The molecule has 0 atom stereocenters. The Morgan fingerprint density at radius 2 is 1.60 bits per heavy atom. The smallest absolute Gasteiger partial charge is 0.497 e. The van der Waals surface area contributed by atoms with Crippen molar-refractivity contribution in [3.05, 3.63) is 83.7 Å². The Balaban J connectivity index is 0.00000229. The number of aryl methyl sites for hydroxylation is 3. The molecule has 4 heterocycles. The minimum atomic E-state index is -0.0685. The molecule has 6 heteroatoms. The standard InChI is InChI=1S/C29H24N4O.Pt/c1-18-17-32-13-12-19-8-10-21(14-23(19)27(32)30-18)34-22-11-9-20-16-29(2,3)33-26-7-5-4-6-25(26)31-28(33)24(20)15-22;/h4-11,17H,12-13,16H2,1-3H3;/q-2;+2. The summed E-state index contributed by atoms with van der Waals surface area (Å²) in [5, 5.41) is 0. The summed E-state index contributed by atoms with van der Waals surface area (Å²) in [6, 6.07) is 23.6. The van der Waals surface area contributed by atoms with E-state index in [1.165, 1.54) is 11.1 Å². The quantitative estimate of drug-likeness (QED) is 0.219. The van der Waals surface area contributed by atoms with E-state index in [1.807, 2.05) is 25.1 Å². The summed E-state index contributed by atoms with van der Waals surface area (Å²) < 4.78 is 10.8. The number of ether oxygens (including phenoxy) is 1. The number of fused-ring (bicyclic) bond motifs is 8. The molecule has 0 bridgehead atoms. The zero-order valence-electron chi connectivity index (χ0n) is 19.8. The maximum absolute atomic E-state index is 6.29. The molecule has 0 fully saturated rings. The van der Waals surface area contributed by atoms with Gasteiger partial charge in [-0.3, -0.25) is 9.97 Å². The monoisotopic (exact) mass is 639 g/mol. The summed E-state index contributed by atoms with van der Waals surface area (Å²) in [4.78, 5) is 9.70. The van der Waals surface area contributed by atoms with Crippen molar-refractivity contribution in [1.29, 1.82) is 0 Å². The Hall–Kier alpha value is -3.17. The van der Waals surface area contributed by atoms with Crippen molar-refractivity contribution < 1.29 is 25.8 Å². The van der Waals surface area contributed by atoms with Crippen LogP contribution in [0.15, 0.2) is 54.7 Å². The molecule has 0 unspecified atom stereocenters. The maximum atomic E-state index is 6.29. The van der Waals surface area contributed by atoms with E-state index in [0.29, 0.717) is 11.5 Å². The van der Waals surface area contributed by atoms with Gasteiger partial charge in [-0.2, -0.15) is 0 Å². The van der Waals surface area contributed by atoms with Gasteiger partial charge < -0.3 is 13.9 Å². The molecule has 0 radical (unpaired) electrons. The fraction of sp³-hybridized carbons (Fsp3) is 0.241. The van der Waals surface area contributed by atoms with E-state index in [1.54, 1.807) is 0 Å². The van der Waals surface area contributed by atoms with Gasteiger partial charge in [0.1, 0.15) is 0 Å². The third-order valence-electron chi connectivity index (χ3n) is 6.99. The van der Waals surface area contributed by atoms with Crippen LogP contribution in [0.3, 0.4) is 0 Å². The number of hydrogen-bond donors (Lipinski definition) is 0. The summed E-state index contributed by atoms with van der Waals surface area (Å²) in [5.41, 5.74) is 7.66. The van der Waals surface area contributed by atoms with Gasteiger partial charge in [0.25, 0.3) is 0 Å². The van der Waals surface area contributed by atoms with E-state index in [-0.39, 0.29) is 26.6 Å². The van der Waals surface area contributed by atoms with Crippen LogP contribution in [0.1, 0.15) is 30.7 Å². The predicted molar refractivity (Wildman–Crippen MR) is 132 cm³/mol. The average molecular weight is 640 g/mol. The minimum absolute atomic E-state index is 0. The molecule has 5 aromatic rings. The molecule has 0 N–H and O–H groups in total. The van der Waals surface area contributed by atoms with Crippen LogP contribution in [-0.2, 0) is 46.0 Å². The topological polar surface area (TPSA) is 44.9 Å². The Kier molecular flexibility index (Phi) is 5.05. The molecule has 5 nitrogen and oxygen atoms in total. The molecule has 0 spiro atoms. The molecule has 7 rings (SSSR count). The van der Waals surface area contributed by atoms with E-state index in [4.69, 9.17) is 14.7 Å². The molecule has 0 saturated heterocycles. The number of imidazole rings is 2. The zero-order valence-corrected chi connectivity index (χ0v) is 22.1.